The lowest BCUT2D eigenvalue weighted by atomic mass is 10.0. The molecular weight excluding hydrogens is 194 g/mol. The van der Waals surface area contributed by atoms with Gasteiger partial charge in [-0.05, 0) is 26.2 Å². The van der Waals surface area contributed by atoms with Crippen LogP contribution < -0.4 is 5.43 Å². The highest BCUT2D eigenvalue weighted by atomic mass is 16.4. The van der Waals surface area contributed by atoms with Gasteiger partial charge < -0.3 is 9.67 Å². The van der Waals surface area contributed by atoms with Gasteiger partial charge in [-0.15, -0.1) is 0 Å². The SMILES string of the molecule is Cc1cc(=O)c(C(=O)O)c2n1CCCC2. The molecule has 0 radical (unpaired) electrons. The fourth-order valence-corrected chi connectivity index (χ4v) is 2.19. The van der Waals surface area contributed by atoms with Crippen LogP contribution in [0.4, 0.5) is 0 Å². The molecule has 0 fully saturated rings. The molecule has 15 heavy (non-hydrogen) atoms. The van der Waals surface area contributed by atoms with Gasteiger partial charge in [-0.3, -0.25) is 4.79 Å². The fraction of sp³-hybridized carbons (Fsp3) is 0.455. The molecule has 0 bridgehead atoms. The van der Waals surface area contributed by atoms with Crippen molar-refractivity contribution in [2.75, 3.05) is 0 Å². The first-order valence-electron chi connectivity index (χ1n) is 5.08. The zero-order valence-electron chi connectivity index (χ0n) is 8.62. The van der Waals surface area contributed by atoms with Crippen molar-refractivity contribution in [2.24, 2.45) is 0 Å². The van der Waals surface area contributed by atoms with E-state index in [0.29, 0.717) is 12.1 Å². The van der Waals surface area contributed by atoms with Crippen molar-refractivity contribution in [3.8, 4) is 0 Å². The minimum atomic E-state index is -1.11. The molecule has 0 saturated carbocycles. The molecule has 0 aromatic carbocycles. The zero-order valence-corrected chi connectivity index (χ0v) is 8.62. The Morgan fingerprint density at radius 3 is 2.87 bits per heavy atom. The largest absolute Gasteiger partial charge is 0.477 e. The van der Waals surface area contributed by atoms with Crippen molar-refractivity contribution < 1.29 is 9.90 Å². The molecule has 80 valence electrons. The highest BCUT2D eigenvalue weighted by Gasteiger charge is 2.21. The van der Waals surface area contributed by atoms with E-state index in [1.807, 2.05) is 11.5 Å². The summed E-state index contributed by atoms with van der Waals surface area (Å²) < 4.78 is 1.95. The first-order chi connectivity index (χ1) is 7.11. The summed E-state index contributed by atoms with van der Waals surface area (Å²) >= 11 is 0. The molecule has 2 rings (SSSR count). The van der Waals surface area contributed by atoms with Crippen molar-refractivity contribution in [3.05, 3.63) is 33.2 Å². The van der Waals surface area contributed by atoms with Crippen LogP contribution in [0.1, 0.15) is 34.6 Å². The number of aromatic carboxylic acids is 1. The number of pyridine rings is 1. The maximum atomic E-state index is 11.6. The Hall–Kier alpha value is -1.58. The average molecular weight is 207 g/mol. The molecule has 0 amide bonds. The molecule has 1 N–H and O–H groups in total. The third kappa shape index (κ3) is 1.56. The predicted molar refractivity (Wildman–Crippen MR) is 55.3 cm³/mol. The second-order valence-electron chi connectivity index (χ2n) is 3.89. The van der Waals surface area contributed by atoms with Gasteiger partial charge in [-0.1, -0.05) is 0 Å². The topological polar surface area (TPSA) is 59.3 Å². The molecule has 1 aliphatic heterocycles. The van der Waals surface area contributed by atoms with E-state index in [1.165, 1.54) is 6.07 Å². The second-order valence-corrected chi connectivity index (χ2v) is 3.89. The molecule has 1 aromatic heterocycles. The van der Waals surface area contributed by atoms with Gasteiger partial charge >= 0.3 is 5.97 Å². The van der Waals surface area contributed by atoms with Crippen molar-refractivity contribution in [3.63, 3.8) is 0 Å². The highest BCUT2D eigenvalue weighted by molar-refractivity contribution is 5.88. The molecular formula is C11H13NO3. The first-order valence-corrected chi connectivity index (χ1v) is 5.08. The molecule has 1 aliphatic rings. The standard InChI is InChI=1S/C11H13NO3/c1-7-6-9(13)10(11(14)15)8-4-2-3-5-12(7)8/h6H,2-5H2,1H3,(H,14,15). The van der Waals surface area contributed by atoms with Crippen molar-refractivity contribution in [1.82, 2.24) is 4.57 Å². The molecule has 2 heterocycles. The zero-order chi connectivity index (χ0) is 11.0. The normalized spacial score (nSPS) is 14.7. The van der Waals surface area contributed by atoms with Crippen LogP contribution >= 0.6 is 0 Å². The summed E-state index contributed by atoms with van der Waals surface area (Å²) in [5.41, 5.74) is 1.15. The molecule has 0 atom stereocenters. The molecule has 0 unspecified atom stereocenters. The van der Waals surface area contributed by atoms with E-state index < -0.39 is 5.97 Å². The molecule has 4 nitrogen and oxygen atoms in total. The Labute approximate surface area is 87.2 Å². The van der Waals surface area contributed by atoms with Crippen molar-refractivity contribution in [1.29, 1.82) is 0 Å². The summed E-state index contributed by atoms with van der Waals surface area (Å²) in [6.45, 7) is 2.67. The van der Waals surface area contributed by atoms with Gasteiger partial charge in [0.25, 0.3) is 0 Å². The molecule has 0 aliphatic carbocycles. The number of nitrogens with zero attached hydrogens (tertiary/aromatic N) is 1. The quantitative estimate of drug-likeness (QED) is 0.752. The Morgan fingerprint density at radius 1 is 1.47 bits per heavy atom. The number of carbonyl (C=O) groups is 1. The molecule has 1 aromatic rings. The van der Waals surface area contributed by atoms with Gasteiger partial charge in [0.2, 0.25) is 0 Å². The van der Waals surface area contributed by atoms with Crippen LogP contribution in [0, 0.1) is 6.92 Å². The van der Waals surface area contributed by atoms with Crippen molar-refractivity contribution in [2.45, 2.75) is 32.7 Å². The summed E-state index contributed by atoms with van der Waals surface area (Å²) in [6.07, 6.45) is 2.71. The number of hydrogen-bond acceptors (Lipinski definition) is 2. The lowest BCUT2D eigenvalue weighted by Gasteiger charge is -2.22. The summed E-state index contributed by atoms with van der Waals surface area (Å²) in [7, 11) is 0. The Bertz CT molecular complexity index is 473. The number of carboxylic acid groups (broad SMARTS) is 1. The number of aryl methyl sites for hydroxylation is 1. The number of fused-ring (bicyclic) bond motifs is 1. The van der Waals surface area contributed by atoms with E-state index in [9.17, 15) is 9.59 Å². The smallest absolute Gasteiger partial charge is 0.341 e. The van der Waals surface area contributed by atoms with Crippen LogP contribution in [0.3, 0.4) is 0 Å². The van der Waals surface area contributed by atoms with E-state index in [-0.39, 0.29) is 11.0 Å². The van der Waals surface area contributed by atoms with Gasteiger partial charge in [0.1, 0.15) is 5.56 Å². The summed E-state index contributed by atoms with van der Waals surface area (Å²) in [5, 5.41) is 9.00. The minimum Gasteiger partial charge on any atom is -0.477 e. The minimum absolute atomic E-state index is 0.0414. The Kier molecular flexibility index (Phi) is 2.34. The van der Waals surface area contributed by atoms with E-state index in [1.54, 1.807) is 0 Å². The van der Waals surface area contributed by atoms with Gasteiger partial charge in [-0.25, -0.2) is 4.79 Å². The number of aromatic nitrogens is 1. The van der Waals surface area contributed by atoms with Crippen LogP contribution in [0.5, 0.6) is 0 Å². The molecule has 4 heteroatoms. The van der Waals surface area contributed by atoms with Crippen LogP contribution in [-0.4, -0.2) is 15.6 Å². The number of rotatable bonds is 1. The predicted octanol–water partition coefficient (Wildman–Crippen LogP) is 1.19. The third-order valence-electron chi connectivity index (χ3n) is 2.89. The van der Waals surface area contributed by atoms with E-state index >= 15 is 0 Å². The number of hydrogen-bond donors (Lipinski definition) is 1. The highest BCUT2D eigenvalue weighted by Crippen LogP contribution is 2.18. The summed E-state index contributed by atoms with van der Waals surface area (Å²) in [5.74, 6) is -1.11. The third-order valence-corrected chi connectivity index (χ3v) is 2.89. The Morgan fingerprint density at radius 2 is 2.20 bits per heavy atom. The van der Waals surface area contributed by atoms with Crippen LogP contribution in [0.15, 0.2) is 10.9 Å². The maximum absolute atomic E-state index is 11.6. The Balaban J connectivity index is 2.74. The van der Waals surface area contributed by atoms with Gasteiger partial charge in [0, 0.05) is 24.0 Å². The van der Waals surface area contributed by atoms with Gasteiger partial charge in [0.15, 0.2) is 5.43 Å². The van der Waals surface area contributed by atoms with Crippen molar-refractivity contribution >= 4 is 5.97 Å². The number of carboxylic acids is 1. The molecule has 0 saturated heterocycles. The van der Waals surface area contributed by atoms with Gasteiger partial charge in [0.05, 0.1) is 0 Å². The van der Waals surface area contributed by atoms with Crippen LogP contribution in [0.25, 0.3) is 0 Å². The second kappa shape index (κ2) is 3.53. The summed E-state index contributed by atoms with van der Waals surface area (Å²) in [4.78, 5) is 22.6. The first kappa shape index (κ1) is 9.96. The van der Waals surface area contributed by atoms with E-state index in [2.05, 4.69) is 0 Å². The van der Waals surface area contributed by atoms with Gasteiger partial charge in [-0.2, -0.15) is 0 Å². The monoisotopic (exact) mass is 207 g/mol. The fourth-order valence-electron chi connectivity index (χ4n) is 2.19. The lowest BCUT2D eigenvalue weighted by Crippen LogP contribution is -2.27. The van der Waals surface area contributed by atoms with E-state index in [0.717, 1.165) is 25.1 Å². The molecule has 0 spiro atoms. The van der Waals surface area contributed by atoms with Crippen LogP contribution in [0.2, 0.25) is 0 Å². The van der Waals surface area contributed by atoms with Crippen LogP contribution in [-0.2, 0) is 13.0 Å². The average Bonchev–Trinajstić information content (AvgIpc) is 2.17. The summed E-state index contributed by atoms with van der Waals surface area (Å²) in [6, 6.07) is 1.41. The maximum Gasteiger partial charge on any atom is 0.341 e. The lowest BCUT2D eigenvalue weighted by molar-refractivity contribution is 0.0692. The van der Waals surface area contributed by atoms with E-state index in [4.69, 9.17) is 5.11 Å².